The molecular weight excluding hydrogens is 318 g/mol. The van der Waals surface area contributed by atoms with Gasteiger partial charge in [0.25, 0.3) is 0 Å². The maximum absolute atomic E-state index is 13.0. The van der Waals surface area contributed by atoms with Crippen LogP contribution >= 0.6 is 0 Å². The third kappa shape index (κ3) is 4.02. The molecule has 3 rings (SSSR count). The Kier molecular flexibility index (Phi) is 5.71. The number of morpholine rings is 1. The molecule has 6 heteroatoms. The minimum absolute atomic E-state index is 0.0597. The largest absolute Gasteiger partial charge is 0.378 e. The maximum atomic E-state index is 13.0. The van der Waals surface area contributed by atoms with Crippen molar-refractivity contribution in [2.75, 3.05) is 51.3 Å². The minimum atomic E-state index is -0.337. The van der Waals surface area contributed by atoms with Crippen LogP contribution in [0.25, 0.3) is 0 Å². The lowest BCUT2D eigenvalue weighted by molar-refractivity contribution is -0.137. The number of rotatable bonds is 4. The number of ether oxygens (including phenoxy) is 1. The summed E-state index contributed by atoms with van der Waals surface area (Å²) in [6.07, 6.45) is 1.99. The lowest BCUT2D eigenvalue weighted by Crippen LogP contribution is -2.51. The summed E-state index contributed by atoms with van der Waals surface area (Å²) in [5, 5.41) is 0. The molecule has 0 N–H and O–H groups in total. The second-order valence-corrected chi connectivity index (χ2v) is 6.81. The number of hydrogen-bond donors (Lipinski definition) is 0. The van der Waals surface area contributed by atoms with E-state index >= 15 is 0 Å². The Morgan fingerprint density at radius 2 is 1.92 bits per heavy atom. The third-order valence-corrected chi connectivity index (χ3v) is 5.14. The normalized spacial score (nSPS) is 18.8. The van der Waals surface area contributed by atoms with Crippen LogP contribution in [0.5, 0.6) is 0 Å². The second kappa shape index (κ2) is 7.97. The number of anilines is 1. The van der Waals surface area contributed by atoms with Gasteiger partial charge in [-0.15, -0.1) is 0 Å². The van der Waals surface area contributed by atoms with Gasteiger partial charge >= 0.3 is 0 Å². The Hall–Kier alpha value is -1.92. The molecule has 2 aliphatic heterocycles. The molecule has 0 spiro atoms. The smallest absolute Gasteiger partial charge is 0.244 e. The highest BCUT2D eigenvalue weighted by molar-refractivity contribution is 5.98. The molecule has 1 unspecified atom stereocenters. The second-order valence-electron chi connectivity index (χ2n) is 6.81. The molecule has 0 saturated carbocycles. The van der Waals surface area contributed by atoms with Gasteiger partial charge in [-0.2, -0.15) is 0 Å². The quantitative estimate of drug-likeness (QED) is 0.821. The molecule has 1 aromatic rings. The fourth-order valence-corrected chi connectivity index (χ4v) is 3.44. The van der Waals surface area contributed by atoms with Crippen LogP contribution in [0.4, 0.5) is 5.69 Å². The van der Waals surface area contributed by atoms with Crippen molar-refractivity contribution in [1.29, 1.82) is 0 Å². The Morgan fingerprint density at radius 1 is 1.20 bits per heavy atom. The van der Waals surface area contributed by atoms with Crippen molar-refractivity contribution in [2.24, 2.45) is 0 Å². The predicted octanol–water partition coefficient (Wildman–Crippen LogP) is 1.14. The number of likely N-dealkylation sites (N-methyl/N-ethyl adjacent to an activating group) is 1. The third-order valence-electron chi connectivity index (χ3n) is 5.14. The number of aryl methyl sites for hydroxylation is 1. The van der Waals surface area contributed by atoms with E-state index in [1.54, 1.807) is 0 Å². The molecular formula is C19H27N3O3. The lowest BCUT2D eigenvalue weighted by Gasteiger charge is -2.35. The van der Waals surface area contributed by atoms with Crippen LogP contribution < -0.4 is 4.90 Å². The standard InChI is InChI=1S/C19H27N3O3/c1-15(20(2)14-18(23)21-10-12-25-13-11-21)19(24)22-9-5-7-16-6-3-4-8-17(16)22/h3-4,6,8,15H,5,7,9-14H2,1-2H3. The predicted molar refractivity (Wildman–Crippen MR) is 96.6 cm³/mol. The number of benzene rings is 1. The van der Waals surface area contributed by atoms with E-state index in [1.165, 1.54) is 5.56 Å². The van der Waals surface area contributed by atoms with Crippen molar-refractivity contribution in [3.05, 3.63) is 29.8 Å². The number of amides is 2. The fourth-order valence-electron chi connectivity index (χ4n) is 3.44. The monoisotopic (exact) mass is 345 g/mol. The van der Waals surface area contributed by atoms with E-state index in [0.29, 0.717) is 26.3 Å². The van der Waals surface area contributed by atoms with Gasteiger partial charge in [0.05, 0.1) is 25.8 Å². The van der Waals surface area contributed by atoms with E-state index in [2.05, 4.69) is 6.07 Å². The summed E-state index contributed by atoms with van der Waals surface area (Å²) in [5.74, 6) is 0.119. The highest BCUT2D eigenvalue weighted by atomic mass is 16.5. The molecule has 1 aromatic carbocycles. The number of fused-ring (bicyclic) bond motifs is 1. The molecule has 1 fully saturated rings. The van der Waals surface area contributed by atoms with Crippen molar-refractivity contribution in [3.63, 3.8) is 0 Å². The van der Waals surface area contributed by atoms with Crippen molar-refractivity contribution < 1.29 is 14.3 Å². The maximum Gasteiger partial charge on any atom is 0.244 e. The van der Waals surface area contributed by atoms with E-state index in [1.807, 2.05) is 46.9 Å². The summed E-state index contributed by atoms with van der Waals surface area (Å²) in [7, 11) is 1.84. The van der Waals surface area contributed by atoms with Gasteiger partial charge in [0.15, 0.2) is 0 Å². The Bertz CT molecular complexity index is 628. The van der Waals surface area contributed by atoms with Crippen molar-refractivity contribution >= 4 is 17.5 Å². The van der Waals surface area contributed by atoms with Gasteiger partial charge in [-0.1, -0.05) is 18.2 Å². The highest BCUT2D eigenvalue weighted by Gasteiger charge is 2.29. The van der Waals surface area contributed by atoms with Gasteiger partial charge in [-0.25, -0.2) is 0 Å². The van der Waals surface area contributed by atoms with Crippen molar-refractivity contribution in [3.8, 4) is 0 Å². The number of nitrogens with zero attached hydrogens (tertiary/aromatic N) is 3. The van der Waals surface area contributed by atoms with Crippen LogP contribution in [-0.2, 0) is 20.7 Å². The molecule has 2 amide bonds. The van der Waals surface area contributed by atoms with Gasteiger partial charge in [0.1, 0.15) is 0 Å². The summed E-state index contributed by atoms with van der Waals surface area (Å²) in [4.78, 5) is 30.9. The van der Waals surface area contributed by atoms with E-state index in [4.69, 9.17) is 4.74 Å². The van der Waals surface area contributed by atoms with Gasteiger partial charge < -0.3 is 14.5 Å². The Labute approximate surface area is 149 Å². The summed E-state index contributed by atoms with van der Waals surface area (Å²) >= 11 is 0. The Morgan fingerprint density at radius 3 is 2.68 bits per heavy atom. The Balaban J connectivity index is 1.63. The van der Waals surface area contributed by atoms with E-state index in [0.717, 1.165) is 25.1 Å². The first-order valence-electron chi connectivity index (χ1n) is 9.03. The first kappa shape index (κ1) is 17.9. The minimum Gasteiger partial charge on any atom is -0.378 e. The SMILES string of the molecule is CC(C(=O)N1CCCc2ccccc21)N(C)CC(=O)N1CCOCC1. The summed E-state index contributed by atoms with van der Waals surface area (Å²) in [6, 6.07) is 7.75. The van der Waals surface area contributed by atoms with Crippen LogP contribution in [0.1, 0.15) is 18.9 Å². The van der Waals surface area contributed by atoms with E-state index in [9.17, 15) is 9.59 Å². The van der Waals surface area contributed by atoms with E-state index < -0.39 is 0 Å². The van der Waals surface area contributed by atoms with Crippen molar-refractivity contribution in [1.82, 2.24) is 9.80 Å². The fraction of sp³-hybridized carbons (Fsp3) is 0.579. The van der Waals surface area contributed by atoms with Gasteiger partial charge in [0, 0.05) is 25.3 Å². The summed E-state index contributed by atoms with van der Waals surface area (Å²) in [5.41, 5.74) is 2.24. The van der Waals surface area contributed by atoms with Gasteiger partial charge in [-0.3, -0.25) is 14.5 Å². The summed E-state index contributed by atoms with van der Waals surface area (Å²) < 4.78 is 5.28. The molecule has 2 aliphatic rings. The van der Waals surface area contributed by atoms with Crippen LogP contribution in [-0.4, -0.2) is 74.1 Å². The molecule has 136 valence electrons. The zero-order chi connectivity index (χ0) is 17.8. The summed E-state index contributed by atoms with van der Waals surface area (Å²) in [6.45, 7) is 5.33. The van der Waals surface area contributed by atoms with Crippen molar-refractivity contribution in [2.45, 2.75) is 25.8 Å². The van der Waals surface area contributed by atoms with Crippen LogP contribution in [0.15, 0.2) is 24.3 Å². The first-order chi connectivity index (χ1) is 12.1. The number of hydrogen-bond acceptors (Lipinski definition) is 4. The molecule has 2 heterocycles. The molecule has 25 heavy (non-hydrogen) atoms. The first-order valence-corrected chi connectivity index (χ1v) is 9.03. The molecule has 6 nitrogen and oxygen atoms in total. The molecule has 1 atom stereocenters. The van der Waals surface area contributed by atoms with Crippen LogP contribution in [0, 0.1) is 0 Å². The zero-order valence-corrected chi connectivity index (χ0v) is 15.1. The highest BCUT2D eigenvalue weighted by Crippen LogP contribution is 2.27. The van der Waals surface area contributed by atoms with Gasteiger partial charge in [0.2, 0.25) is 11.8 Å². The number of carbonyl (C=O) groups is 2. The topological polar surface area (TPSA) is 53.1 Å². The molecule has 0 bridgehead atoms. The van der Waals surface area contributed by atoms with E-state index in [-0.39, 0.29) is 24.4 Å². The molecule has 0 radical (unpaired) electrons. The lowest BCUT2D eigenvalue weighted by atomic mass is 10.0. The average Bonchev–Trinajstić information content (AvgIpc) is 2.67. The average molecular weight is 345 g/mol. The van der Waals surface area contributed by atoms with Crippen LogP contribution in [0.3, 0.4) is 0 Å². The number of para-hydroxylation sites is 1. The molecule has 0 aliphatic carbocycles. The molecule has 0 aromatic heterocycles. The zero-order valence-electron chi connectivity index (χ0n) is 15.1. The van der Waals surface area contributed by atoms with Gasteiger partial charge in [-0.05, 0) is 38.4 Å². The number of carbonyl (C=O) groups excluding carboxylic acids is 2. The molecule has 1 saturated heterocycles. The van der Waals surface area contributed by atoms with Crippen LogP contribution in [0.2, 0.25) is 0 Å².